The molecule has 154 valence electrons. The van der Waals surface area contributed by atoms with Gasteiger partial charge in [-0.1, -0.05) is 59.6 Å². The Morgan fingerprint density at radius 2 is 1.40 bits per heavy atom. The van der Waals surface area contributed by atoms with Crippen LogP contribution in [0.4, 0.5) is 0 Å². The van der Waals surface area contributed by atoms with Gasteiger partial charge in [-0.25, -0.2) is 12.1 Å². The molecule has 3 aromatic carbocycles. The van der Waals surface area contributed by atoms with Crippen LogP contribution in [0, 0.1) is 5.92 Å². The molecule has 0 aromatic heterocycles. The van der Waals surface area contributed by atoms with Crippen LogP contribution < -0.4 is 0 Å². The summed E-state index contributed by atoms with van der Waals surface area (Å²) >= 11 is 0. The number of rotatable bonds is 6. The van der Waals surface area contributed by atoms with Crippen LogP contribution in [0.1, 0.15) is 24.0 Å². The first-order chi connectivity index (χ1) is 14.3. The van der Waals surface area contributed by atoms with Gasteiger partial charge in [0.2, 0.25) is 0 Å². The fourth-order valence-electron chi connectivity index (χ4n) is 3.31. The number of hydrogen-bond acceptors (Lipinski definition) is 2. The first-order valence-electron chi connectivity index (χ1n) is 9.87. The van der Waals surface area contributed by atoms with Crippen molar-refractivity contribution < 1.29 is 27.3 Å². The summed E-state index contributed by atoms with van der Waals surface area (Å²) < 4.78 is 0. The van der Waals surface area contributed by atoms with Crippen LogP contribution >= 0.6 is 0 Å². The van der Waals surface area contributed by atoms with Gasteiger partial charge in [0.1, 0.15) is 5.75 Å². The quantitative estimate of drug-likeness (QED) is 0.368. The molecule has 0 bridgehead atoms. The summed E-state index contributed by atoms with van der Waals surface area (Å²) in [5.41, 5.74) is 4.59. The Labute approximate surface area is 189 Å². The maximum atomic E-state index is 9.62. The van der Waals surface area contributed by atoms with Gasteiger partial charge in [0, 0.05) is 6.61 Å². The summed E-state index contributed by atoms with van der Waals surface area (Å²) in [6.45, 7) is 0.169. The van der Waals surface area contributed by atoms with E-state index in [4.69, 9.17) is 0 Å². The second kappa shape index (κ2) is 12.7. The average molecular weight is 438 g/mol. The second-order valence-electron chi connectivity index (χ2n) is 6.73. The van der Waals surface area contributed by atoms with E-state index in [1.807, 2.05) is 72.8 Å². The minimum Gasteiger partial charge on any atom is -0.509 e. The van der Waals surface area contributed by atoms with Crippen molar-refractivity contribution in [1.29, 1.82) is 0 Å². The van der Waals surface area contributed by atoms with Crippen molar-refractivity contribution in [2.75, 3.05) is 6.61 Å². The van der Waals surface area contributed by atoms with E-state index < -0.39 is 0 Å². The van der Waals surface area contributed by atoms with Crippen LogP contribution in [0.3, 0.4) is 0 Å². The van der Waals surface area contributed by atoms with Gasteiger partial charge in [0.15, 0.2) is 0 Å². The molecule has 0 saturated carbocycles. The summed E-state index contributed by atoms with van der Waals surface area (Å²) in [4.78, 5) is 0. The Morgan fingerprint density at radius 1 is 0.800 bits per heavy atom. The zero-order chi connectivity index (χ0) is 20.3. The number of phenolic OH excluding ortho intramolecular Hbond substituents is 1. The number of allylic oxidation sites excluding steroid dienone is 6. The van der Waals surface area contributed by atoms with E-state index >= 15 is 0 Å². The smallest absolute Gasteiger partial charge is 0.509 e. The van der Waals surface area contributed by atoms with Gasteiger partial charge in [-0.2, -0.15) is 18.2 Å². The molecule has 0 atom stereocenters. The summed E-state index contributed by atoms with van der Waals surface area (Å²) in [6.07, 6.45) is 9.80. The van der Waals surface area contributed by atoms with Crippen LogP contribution in [0.15, 0.2) is 120 Å². The molecule has 0 heterocycles. The average Bonchev–Trinajstić information content (AvgIpc) is 3.50. The SMILES string of the molecule is OCCCC(=C1C=CC=C1)[C-](c1ccccc1)c1ccc(O)cc1.[Fe+2].c1cc[cH-]c1. The Morgan fingerprint density at radius 3 is 1.93 bits per heavy atom. The number of aliphatic hydroxyl groups is 1. The van der Waals surface area contributed by atoms with Crippen LogP contribution in [0.25, 0.3) is 0 Å². The predicted octanol–water partition coefficient (Wildman–Crippen LogP) is 5.96. The Hall–Kier alpha value is -2.84. The van der Waals surface area contributed by atoms with E-state index in [9.17, 15) is 10.2 Å². The monoisotopic (exact) mass is 438 g/mol. The zero-order valence-electron chi connectivity index (χ0n) is 16.8. The third-order valence-electron chi connectivity index (χ3n) is 4.67. The number of phenols is 1. The third-order valence-corrected chi connectivity index (χ3v) is 4.67. The molecule has 30 heavy (non-hydrogen) atoms. The molecule has 4 rings (SSSR count). The fourth-order valence-corrected chi connectivity index (χ4v) is 3.31. The van der Waals surface area contributed by atoms with Gasteiger partial charge < -0.3 is 10.2 Å². The molecule has 1 aliphatic carbocycles. The molecular weight excluding hydrogens is 412 g/mol. The summed E-state index contributed by atoms with van der Waals surface area (Å²) in [5.74, 6) is 1.41. The normalized spacial score (nSPS) is 11.4. The number of aliphatic hydroxyl groups excluding tert-OH is 1. The predicted molar refractivity (Wildman–Crippen MR) is 120 cm³/mol. The molecule has 0 unspecified atom stereocenters. The molecule has 0 saturated heterocycles. The van der Waals surface area contributed by atoms with Gasteiger partial charge >= 0.3 is 17.1 Å². The van der Waals surface area contributed by atoms with E-state index in [1.54, 1.807) is 12.1 Å². The molecule has 2 N–H and O–H groups in total. The minimum absolute atomic E-state index is 0. The van der Waals surface area contributed by atoms with E-state index in [2.05, 4.69) is 24.3 Å². The minimum atomic E-state index is 0. The molecule has 0 amide bonds. The summed E-state index contributed by atoms with van der Waals surface area (Å²) in [7, 11) is 0. The second-order valence-corrected chi connectivity index (χ2v) is 6.73. The van der Waals surface area contributed by atoms with Crippen LogP contribution in [-0.4, -0.2) is 16.8 Å². The molecule has 0 fully saturated rings. The van der Waals surface area contributed by atoms with Crippen molar-refractivity contribution in [3.63, 3.8) is 0 Å². The van der Waals surface area contributed by atoms with Gasteiger partial charge in [-0.3, -0.25) is 0 Å². The van der Waals surface area contributed by atoms with Crippen molar-refractivity contribution in [2.24, 2.45) is 0 Å². The first kappa shape index (κ1) is 23.4. The van der Waals surface area contributed by atoms with Crippen LogP contribution in [0.5, 0.6) is 5.75 Å². The van der Waals surface area contributed by atoms with Gasteiger partial charge in [-0.15, -0.1) is 35.4 Å². The number of benzene rings is 2. The number of hydrogen-bond donors (Lipinski definition) is 2. The summed E-state index contributed by atoms with van der Waals surface area (Å²) in [6, 6.07) is 27.6. The van der Waals surface area contributed by atoms with Gasteiger partial charge in [0.05, 0.1) is 0 Å². The van der Waals surface area contributed by atoms with Crippen molar-refractivity contribution >= 4 is 0 Å². The van der Waals surface area contributed by atoms with Crippen molar-refractivity contribution in [2.45, 2.75) is 12.8 Å². The Kier molecular flexibility index (Phi) is 9.89. The summed E-state index contributed by atoms with van der Waals surface area (Å²) in [5, 5.41) is 18.9. The Balaban J connectivity index is 0.000000468. The van der Waals surface area contributed by atoms with E-state index in [1.165, 1.54) is 11.1 Å². The van der Waals surface area contributed by atoms with Gasteiger partial charge in [-0.05, 0) is 25.0 Å². The van der Waals surface area contributed by atoms with Gasteiger partial charge in [0.25, 0.3) is 0 Å². The maximum absolute atomic E-state index is 9.62. The third kappa shape index (κ3) is 6.60. The largest absolute Gasteiger partial charge is 2.00 e. The van der Waals surface area contributed by atoms with E-state index in [0.29, 0.717) is 0 Å². The molecule has 2 nitrogen and oxygen atoms in total. The van der Waals surface area contributed by atoms with Crippen molar-refractivity contribution in [3.05, 3.63) is 137 Å². The number of aromatic hydroxyl groups is 1. The maximum Gasteiger partial charge on any atom is 2.00 e. The molecule has 0 spiro atoms. The molecule has 0 aliphatic heterocycles. The molecule has 0 radical (unpaired) electrons. The van der Waals surface area contributed by atoms with E-state index in [0.717, 1.165) is 29.9 Å². The van der Waals surface area contributed by atoms with E-state index in [-0.39, 0.29) is 29.4 Å². The fraction of sp³-hybridized carbons (Fsp3) is 0.111. The van der Waals surface area contributed by atoms with Crippen LogP contribution in [0.2, 0.25) is 0 Å². The van der Waals surface area contributed by atoms with Crippen LogP contribution in [-0.2, 0) is 17.1 Å². The molecular formula is C27H26FeO2. The topological polar surface area (TPSA) is 40.5 Å². The molecule has 1 aliphatic rings. The standard InChI is InChI=1S/C22H21O2.C5H5.Fe/c23-16-6-11-21(17-7-4-5-8-17)22(18-9-2-1-3-10-18)19-12-14-20(24)15-13-19;1-2-4-5-3-1;/h1-5,7-10,12-15,23-24H,6,11,16H2;1-5H;/q2*-1;+2. The van der Waals surface area contributed by atoms with Crippen molar-refractivity contribution in [1.82, 2.24) is 0 Å². The zero-order valence-corrected chi connectivity index (χ0v) is 17.9. The molecule has 3 heteroatoms. The van der Waals surface area contributed by atoms with Crippen molar-refractivity contribution in [3.8, 4) is 5.75 Å². The molecule has 3 aromatic rings. The first-order valence-corrected chi connectivity index (χ1v) is 9.87. The Bertz CT molecular complexity index is 905.